The average molecular weight is 363 g/mol. The predicted molar refractivity (Wildman–Crippen MR) is 97.7 cm³/mol. The highest BCUT2D eigenvalue weighted by Crippen LogP contribution is 2.20. The fraction of sp³-hybridized carbons (Fsp3) is 0.389. The number of nitrogens with zero attached hydrogens (tertiary/aromatic N) is 2. The van der Waals surface area contributed by atoms with Crippen LogP contribution in [0.4, 0.5) is 0 Å². The highest BCUT2D eigenvalue weighted by molar-refractivity contribution is 6.33. The number of halogens is 1. The van der Waals surface area contributed by atoms with Crippen molar-refractivity contribution >= 4 is 23.4 Å². The smallest absolute Gasteiger partial charge is 0.267 e. The van der Waals surface area contributed by atoms with Crippen molar-refractivity contribution in [1.29, 1.82) is 0 Å². The first-order valence-electron chi connectivity index (χ1n) is 8.11. The minimum Gasteiger partial charge on any atom is -0.267 e. The Morgan fingerprint density at radius 2 is 1.80 bits per heavy atom. The van der Waals surface area contributed by atoms with Gasteiger partial charge in [-0.2, -0.15) is 5.10 Å². The van der Waals surface area contributed by atoms with E-state index >= 15 is 0 Å². The molecular formula is C18H23ClN4O2. The van der Waals surface area contributed by atoms with Crippen LogP contribution in [0.2, 0.25) is 5.15 Å². The van der Waals surface area contributed by atoms with Gasteiger partial charge in [0, 0.05) is 12.1 Å². The van der Waals surface area contributed by atoms with Crippen LogP contribution in [0.1, 0.15) is 51.4 Å². The monoisotopic (exact) mass is 362 g/mol. The number of amides is 2. The van der Waals surface area contributed by atoms with E-state index in [2.05, 4.69) is 16.0 Å². The lowest BCUT2D eigenvalue weighted by Crippen LogP contribution is -2.42. The number of carbonyl (C=O) groups excluding carboxylic acids is 2. The van der Waals surface area contributed by atoms with Crippen LogP contribution in [0.3, 0.4) is 0 Å². The number of rotatable bonds is 4. The van der Waals surface area contributed by atoms with Crippen LogP contribution in [-0.4, -0.2) is 21.6 Å². The zero-order chi connectivity index (χ0) is 18.7. The van der Waals surface area contributed by atoms with E-state index in [-0.39, 0.29) is 16.6 Å². The van der Waals surface area contributed by atoms with Crippen molar-refractivity contribution in [2.45, 2.75) is 41.2 Å². The lowest BCUT2D eigenvalue weighted by Gasteiger charge is -2.10. The summed E-state index contributed by atoms with van der Waals surface area (Å²) >= 11 is 6.27. The summed E-state index contributed by atoms with van der Waals surface area (Å²) in [5.41, 5.74) is 8.03. The lowest BCUT2D eigenvalue weighted by molar-refractivity contribution is 0.0846. The molecule has 0 aliphatic rings. The molecule has 0 atom stereocenters. The van der Waals surface area contributed by atoms with Gasteiger partial charge in [0.2, 0.25) is 0 Å². The van der Waals surface area contributed by atoms with Gasteiger partial charge in [0.1, 0.15) is 10.7 Å². The molecule has 0 fully saturated rings. The number of aromatic nitrogens is 2. The highest BCUT2D eigenvalue weighted by Gasteiger charge is 2.21. The predicted octanol–water partition coefficient (Wildman–Crippen LogP) is 3.19. The Labute approximate surface area is 152 Å². The molecule has 134 valence electrons. The normalized spacial score (nSPS) is 10.8. The Bertz CT molecular complexity index is 812. The van der Waals surface area contributed by atoms with E-state index in [0.717, 1.165) is 11.1 Å². The van der Waals surface area contributed by atoms with Crippen LogP contribution >= 0.6 is 11.6 Å². The summed E-state index contributed by atoms with van der Waals surface area (Å²) in [5, 5.41) is 4.56. The van der Waals surface area contributed by atoms with Gasteiger partial charge >= 0.3 is 0 Å². The SMILES string of the molecule is Cc1ccc(C(=O)NNC(=O)c2c(C)nn(CC(C)C)c2Cl)c(C)c1. The number of hydrazine groups is 1. The molecule has 1 heterocycles. The molecule has 0 saturated heterocycles. The number of carbonyl (C=O) groups is 2. The third-order valence-corrected chi connectivity index (χ3v) is 4.13. The molecule has 0 saturated carbocycles. The molecule has 7 heteroatoms. The first kappa shape index (κ1) is 19.0. The van der Waals surface area contributed by atoms with Crippen molar-refractivity contribution < 1.29 is 9.59 Å². The van der Waals surface area contributed by atoms with Crippen LogP contribution in [0.15, 0.2) is 18.2 Å². The molecule has 1 aromatic carbocycles. The van der Waals surface area contributed by atoms with Gasteiger partial charge in [-0.1, -0.05) is 43.1 Å². The van der Waals surface area contributed by atoms with Gasteiger partial charge in [0.25, 0.3) is 11.8 Å². The fourth-order valence-corrected chi connectivity index (χ4v) is 2.92. The van der Waals surface area contributed by atoms with Crippen LogP contribution in [0.25, 0.3) is 0 Å². The fourth-order valence-electron chi connectivity index (χ4n) is 2.59. The summed E-state index contributed by atoms with van der Waals surface area (Å²) in [6.07, 6.45) is 0. The molecule has 0 aliphatic heterocycles. The third-order valence-electron chi connectivity index (χ3n) is 3.75. The Hall–Kier alpha value is -2.34. The van der Waals surface area contributed by atoms with E-state index in [0.29, 0.717) is 23.7 Å². The van der Waals surface area contributed by atoms with E-state index in [9.17, 15) is 9.59 Å². The van der Waals surface area contributed by atoms with Gasteiger partial charge < -0.3 is 0 Å². The molecule has 2 N–H and O–H groups in total. The Kier molecular flexibility index (Phi) is 5.85. The zero-order valence-electron chi connectivity index (χ0n) is 15.1. The molecule has 1 aromatic heterocycles. The summed E-state index contributed by atoms with van der Waals surface area (Å²) in [5.74, 6) is -0.526. The minimum absolute atomic E-state index is 0.267. The lowest BCUT2D eigenvalue weighted by atomic mass is 10.1. The van der Waals surface area contributed by atoms with Gasteiger partial charge in [-0.05, 0) is 38.3 Å². The maximum Gasteiger partial charge on any atom is 0.274 e. The summed E-state index contributed by atoms with van der Waals surface area (Å²) in [6.45, 7) is 10.2. The zero-order valence-corrected chi connectivity index (χ0v) is 15.9. The van der Waals surface area contributed by atoms with Gasteiger partial charge in [0.05, 0.1) is 5.69 Å². The van der Waals surface area contributed by atoms with Crippen LogP contribution < -0.4 is 10.9 Å². The molecule has 0 bridgehead atoms. The van der Waals surface area contributed by atoms with Crippen molar-refractivity contribution in [2.75, 3.05) is 0 Å². The minimum atomic E-state index is -0.490. The second-order valence-electron chi connectivity index (χ2n) is 6.55. The van der Waals surface area contributed by atoms with E-state index in [1.54, 1.807) is 17.7 Å². The van der Waals surface area contributed by atoms with Crippen LogP contribution in [0, 0.1) is 26.7 Å². The van der Waals surface area contributed by atoms with E-state index in [1.165, 1.54) is 0 Å². The van der Waals surface area contributed by atoms with Crippen molar-refractivity contribution in [2.24, 2.45) is 5.92 Å². The Morgan fingerprint density at radius 1 is 1.16 bits per heavy atom. The van der Waals surface area contributed by atoms with Crippen molar-refractivity contribution in [1.82, 2.24) is 20.6 Å². The molecular weight excluding hydrogens is 340 g/mol. The van der Waals surface area contributed by atoms with Crippen molar-refractivity contribution in [3.8, 4) is 0 Å². The molecule has 0 aliphatic carbocycles. The highest BCUT2D eigenvalue weighted by atomic mass is 35.5. The summed E-state index contributed by atoms with van der Waals surface area (Å²) < 4.78 is 1.60. The standard InChI is InChI=1S/C18H23ClN4O2/c1-10(2)9-23-16(19)15(13(5)22-23)18(25)21-20-17(24)14-7-6-11(3)8-12(14)4/h6-8,10H,9H2,1-5H3,(H,20,24)(H,21,25). The number of hydrogen-bond donors (Lipinski definition) is 2. The van der Waals surface area contributed by atoms with Crippen molar-refractivity contribution in [3.05, 3.63) is 51.3 Å². The number of aryl methyl sites for hydroxylation is 3. The third kappa shape index (κ3) is 4.39. The van der Waals surface area contributed by atoms with Crippen LogP contribution in [0.5, 0.6) is 0 Å². The maximum absolute atomic E-state index is 12.4. The first-order chi connectivity index (χ1) is 11.7. The van der Waals surface area contributed by atoms with E-state index < -0.39 is 5.91 Å². The molecule has 0 spiro atoms. The largest absolute Gasteiger partial charge is 0.274 e. The molecule has 25 heavy (non-hydrogen) atoms. The van der Waals surface area contributed by atoms with Gasteiger partial charge in [-0.15, -0.1) is 0 Å². The van der Waals surface area contributed by atoms with Gasteiger partial charge in [-0.25, -0.2) is 0 Å². The molecule has 0 radical (unpaired) electrons. The summed E-state index contributed by atoms with van der Waals surface area (Å²) in [7, 11) is 0. The first-order valence-corrected chi connectivity index (χ1v) is 8.49. The van der Waals surface area contributed by atoms with E-state index in [1.807, 2.05) is 39.8 Å². The van der Waals surface area contributed by atoms with E-state index in [4.69, 9.17) is 11.6 Å². The molecule has 2 aromatic rings. The Morgan fingerprint density at radius 3 is 2.40 bits per heavy atom. The van der Waals surface area contributed by atoms with Gasteiger partial charge in [-0.3, -0.25) is 25.1 Å². The maximum atomic E-state index is 12.4. The second kappa shape index (κ2) is 7.70. The second-order valence-corrected chi connectivity index (χ2v) is 6.91. The molecule has 2 amide bonds. The summed E-state index contributed by atoms with van der Waals surface area (Å²) in [4.78, 5) is 24.7. The molecule has 2 rings (SSSR count). The van der Waals surface area contributed by atoms with Gasteiger partial charge in [0.15, 0.2) is 0 Å². The molecule has 6 nitrogen and oxygen atoms in total. The quantitative estimate of drug-likeness (QED) is 0.820. The topological polar surface area (TPSA) is 76.0 Å². The summed E-state index contributed by atoms with van der Waals surface area (Å²) in [6, 6.07) is 5.49. The number of benzene rings is 1. The van der Waals surface area contributed by atoms with Crippen LogP contribution in [-0.2, 0) is 6.54 Å². The number of hydrogen-bond acceptors (Lipinski definition) is 3. The van der Waals surface area contributed by atoms with Crippen molar-refractivity contribution in [3.63, 3.8) is 0 Å². The number of nitrogens with one attached hydrogen (secondary N) is 2. The molecule has 0 unspecified atom stereocenters. The Balaban J connectivity index is 2.10. The average Bonchev–Trinajstić information content (AvgIpc) is 2.78.